The number of hydrogen-bond acceptors (Lipinski definition) is 6. The van der Waals surface area contributed by atoms with Crippen LogP contribution in [0.15, 0.2) is 135 Å². The van der Waals surface area contributed by atoms with Crippen LogP contribution < -0.4 is 23.0 Å². The van der Waals surface area contributed by atoms with Gasteiger partial charge in [0.25, 0.3) is 5.69 Å². The van der Waals surface area contributed by atoms with E-state index in [1.165, 1.54) is 0 Å². The van der Waals surface area contributed by atoms with Crippen LogP contribution in [0.25, 0.3) is 44.8 Å². The molecule has 0 atom stereocenters. The van der Waals surface area contributed by atoms with Gasteiger partial charge in [-0.15, -0.1) is 0 Å². The molecule has 6 aromatic rings. The Morgan fingerprint density at radius 1 is 0.554 bits per heavy atom. The van der Waals surface area contributed by atoms with Gasteiger partial charge >= 0.3 is 7.60 Å². The second-order valence-corrected chi connectivity index (χ2v) is 19.8. The maximum absolute atomic E-state index is 12.8. The number of methoxy groups -OCH3 is 1. The molecule has 290 valence electrons. The fourth-order valence-electron chi connectivity index (χ4n) is 6.52. The highest BCUT2D eigenvalue weighted by Gasteiger charge is 2.25. The van der Waals surface area contributed by atoms with E-state index in [0.717, 1.165) is 62.6 Å². The molecule has 0 aliphatic heterocycles. The second-order valence-electron chi connectivity index (χ2n) is 14.0. The number of ether oxygens (including phenoxy) is 1. The summed E-state index contributed by atoms with van der Waals surface area (Å²) in [5.74, 6) is 0.721. The summed E-state index contributed by atoms with van der Waals surface area (Å²) in [6.45, 7) is 9.15. The monoisotopic (exact) mass is 794 g/mol. The second kappa shape index (κ2) is 18.4. The first kappa shape index (κ1) is 40.8. The number of benzene rings is 2. The Labute approximate surface area is 330 Å². The lowest BCUT2D eigenvalue weighted by molar-refractivity contribution is -0.692. The molecule has 0 saturated carbocycles. The number of aryl methyl sites for hydroxylation is 2. The van der Waals surface area contributed by atoms with Gasteiger partial charge in [0.1, 0.15) is 6.16 Å². The van der Waals surface area contributed by atoms with Gasteiger partial charge in [-0.2, -0.15) is 9.13 Å². The average Bonchev–Trinajstić information content (AvgIpc) is 3.22. The summed E-state index contributed by atoms with van der Waals surface area (Å²) in [4.78, 5) is 0. The van der Waals surface area contributed by atoms with Crippen molar-refractivity contribution in [2.45, 2.75) is 33.5 Å². The Balaban J connectivity index is 1.14. The molecule has 10 nitrogen and oxygen atoms in total. The van der Waals surface area contributed by atoms with E-state index in [-0.39, 0.29) is 6.61 Å². The number of pyridine rings is 4. The molecule has 56 heavy (non-hydrogen) atoms. The third-order valence-corrected chi connectivity index (χ3v) is 12.9. The van der Waals surface area contributed by atoms with Crippen LogP contribution in [0.1, 0.15) is 19.4 Å². The Hall–Kier alpha value is -4.82. The summed E-state index contributed by atoms with van der Waals surface area (Å²) < 4.78 is 49.8. The Morgan fingerprint density at radius 3 is 1.43 bits per heavy atom. The van der Waals surface area contributed by atoms with Crippen molar-refractivity contribution in [1.29, 1.82) is 0 Å². The first-order chi connectivity index (χ1) is 27.0. The summed E-state index contributed by atoms with van der Waals surface area (Å²) in [5, 5.41) is 10.4. The zero-order valence-corrected chi connectivity index (χ0v) is 34.6. The van der Waals surface area contributed by atoms with E-state index in [1.54, 1.807) is 7.11 Å². The SMILES string of the molecule is CCOP(=O)(CC[n+]1ccc(-c2cc[n+](-c3ccc(-c4ccc(-[n+]5ccc(-c6cc[n+](CCP(C)(C)=O)cc6)cc5)c(CO)c4)cc3OC)cc2)cc1)OCC. The van der Waals surface area contributed by atoms with Crippen LogP contribution in [-0.4, -0.2) is 51.1 Å². The average molecular weight is 795 g/mol. The minimum atomic E-state index is -3.10. The number of hydrogen-bond donors (Lipinski definition) is 1. The normalized spacial score (nSPS) is 11.8. The summed E-state index contributed by atoms with van der Waals surface area (Å²) >= 11 is 0. The van der Waals surface area contributed by atoms with Crippen LogP contribution in [0.4, 0.5) is 0 Å². The molecule has 2 aromatic carbocycles. The van der Waals surface area contributed by atoms with E-state index in [1.807, 2.05) is 127 Å². The van der Waals surface area contributed by atoms with Crippen LogP contribution in [0.5, 0.6) is 5.75 Å². The third kappa shape index (κ3) is 10.3. The van der Waals surface area contributed by atoms with Crippen LogP contribution in [0.3, 0.4) is 0 Å². The smallest absolute Gasteiger partial charge is 0.337 e. The van der Waals surface area contributed by atoms with Crippen molar-refractivity contribution in [3.05, 3.63) is 140 Å². The fourth-order valence-corrected chi connectivity index (χ4v) is 8.83. The minimum absolute atomic E-state index is 0.109. The molecule has 0 bridgehead atoms. The van der Waals surface area contributed by atoms with E-state index in [2.05, 4.69) is 53.1 Å². The standard InChI is InChI=1S/C44H52N4O6P2/c1-6-53-56(51,54-7-2)31-29-46-22-14-36(15-23-46)38-18-26-48(27-19-38)43-11-9-40(33-44(43)52-3)39-8-10-42(41(32-39)34-49)47-24-16-37(17-25-47)35-12-20-45(21-13-35)28-30-55(4,5)50/h8-27,32-33,49H,6-7,28-31,34H2,1-5H3/q+4. The van der Waals surface area contributed by atoms with Crippen molar-refractivity contribution in [3.8, 4) is 50.5 Å². The summed E-state index contributed by atoms with van der Waals surface area (Å²) in [6, 6.07) is 28.8. The van der Waals surface area contributed by atoms with Crippen molar-refractivity contribution < 1.29 is 46.3 Å². The minimum Gasteiger partial charge on any atom is -0.490 e. The Morgan fingerprint density at radius 2 is 0.982 bits per heavy atom. The molecule has 6 rings (SSSR count). The molecular formula is C44H52N4O6P2+4. The molecule has 0 saturated heterocycles. The molecule has 1 N–H and O–H groups in total. The van der Waals surface area contributed by atoms with Gasteiger partial charge in [-0.3, -0.25) is 4.57 Å². The van der Waals surface area contributed by atoms with Crippen LogP contribution in [0, 0.1) is 0 Å². The third-order valence-electron chi connectivity index (χ3n) is 9.61. The number of nitrogens with zero attached hydrogens (tertiary/aromatic N) is 4. The first-order valence-corrected chi connectivity index (χ1v) is 23.4. The summed E-state index contributed by atoms with van der Waals surface area (Å²) in [5.41, 5.74) is 8.87. The lowest BCUT2D eigenvalue weighted by atomic mass is 10.0. The van der Waals surface area contributed by atoms with Gasteiger partial charge in [-0.05, 0) is 84.8 Å². The lowest BCUT2D eigenvalue weighted by Crippen LogP contribution is -2.34. The number of aliphatic hydroxyl groups excluding tert-OH is 1. The first-order valence-electron chi connectivity index (χ1n) is 18.9. The van der Waals surface area contributed by atoms with Gasteiger partial charge in [0, 0.05) is 60.7 Å². The van der Waals surface area contributed by atoms with Crippen molar-refractivity contribution >= 4 is 14.7 Å². The Bertz CT molecular complexity index is 2320. The maximum atomic E-state index is 12.8. The summed E-state index contributed by atoms with van der Waals surface area (Å²) in [6.07, 6.45) is 17.1. The number of rotatable bonds is 17. The molecule has 0 unspecified atom stereocenters. The van der Waals surface area contributed by atoms with Crippen molar-refractivity contribution in [3.63, 3.8) is 0 Å². The number of aliphatic hydroxyl groups is 1. The van der Waals surface area contributed by atoms with E-state index in [9.17, 15) is 14.2 Å². The van der Waals surface area contributed by atoms with Gasteiger partial charge < -0.3 is 23.5 Å². The zero-order chi connectivity index (χ0) is 39.7. The van der Waals surface area contributed by atoms with Gasteiger partial charge in [-0.25, -0.2) is 9.13 Å². The molecule has 12 heteroatoms. The van der Waals surface area contributed by atoms with E-state index in [0.29, 0.717) is 32.1 Å². The molecule has 0 aliphatic rings. The van der Waals surface area contributed by atoms with E-state index < -0.39 is 14.7 Å². The predicted octanol–water partition coefficient (Wildman–Crippen LogP) is 7.21. The molecular weight excluding hydrogens is 742 g/mol. The highest BCUT2D eigenvalue weighted by atomic mass is 31.2. The van der Waals surface area contributed by atoms with Crippen molar-refractivity contribution in [2.75, 3.05) is 46.0 Å². The van der Waals surface area contributed by atoms with Gasteiger partial charge in [0.15, 0.2) is 68.4 Å². The topological polar surface area (TPSA) is 97.6 Å². The predicted molar refractivity (Wildman–Crippen MR) is 219 cm³/mol. The quantitative estimate of drug-likeness (QED) is 0.0775. The van der Waals surface area contributed by atoms with E-state index >= 15 is 0 Å². The molecule has 0 fully saturated rings. The highest BCUT2D eigenvalue weighted by Crippen LogP contribution is 2.47. The highest BCUT2D eigenvalue weighted by molar-refractivity contribution is 7.62. The summed E-state index contributed by atoms with van der Waals surface area (Å²) in [7, 11) is -3.48. The Kier molecular flexibility index (Phi) is 13.4. The zero-order valence-electron chi connectivity index (χ0n) is 32.8. The lowest BCUT2D eigenvalue weighted by Gasteiger charge is -2.15. The van der Waals surface area contributed by atoms with Gasteiger partial charge in [0.05, 0.1) is 45.8 Å². The molecule has 0 amide bonds. The molecule has 0 radical (unpaired) electrons. The molecule has 4 aromatic heterocycles. The van der Waals surface area contributed by atoms with Gasteiger partial charge in [0.2, 0.25) is 5.69 Å². The largest absolute Gasteiger partial charge is 0.490 e. The number of aromatic nitrogens is 4. The van der Waals surface area contributed by atoms with E-state index in [4.69, 9.17) is 13.8 Å². The van der Waals surface area contributed by atoms with Crippen LogP contribution in [0.2, 0.25) is 0 Å². The molecule has 0 spiro atoms. The maximum Gasteiger partial charge on any atom is 0.337 e. The van der Waals surface area contributed by atoms with Crippen molar-refractivity contribution in [2.24, 2.45) is 0 Å². The van der Waals surface area contributed by atoms with Crippen LogP contribution >= 0.6 is 14.7 Å². The molecule has 4 heterocycles. The fraction of sp³-hybridized carbons (Fsp3) is 0.273. The molecule has 0 aliphatic carbocycles. The van der Waals surface area contributed by atoms with Crippen LogP contribution in [-0.2, 0) is 37.9 Å². The van der Waals surface area contributed by atoms with Crippen molar-refractivity contribution in [1.82, 2.24) is 0 Å². The van der Waals surface area contributed by atoms with Gasteiger partial charge in [-0.1, -0.05) is 0 Å².